The number of aliphatic hydroxyl groups excluding tert-OH is 1. The van der Waals surface area contributed by atoms with E-state index in [-0.39, 0.29) is 25.7 Å². The summed E-state index contributed by atoms with van der Waals surface area (Å²) in [5.74, 6) is -0.631. The van der Waals surface area contributed by atoms with Crippen molar-refractivity contribution < 1.29 is 80.2 Å². The highest BCUT2D eigenvalue weighted by Gasteiger charge is 2.30. The smallest absolute Gasteiger partial charge is 0.462 e. The number of aliphatic hydroxyl groups is 1. The summed E-state index contributed by atoms with van der Waals surface area (Å²) in [6.45, 7) is 9.52. The average molecular weight is 1340 g/mol. The van der Waals surface area contributed by atoms with Crippen LogP contribution in [0.15, 0.2) is 0 Å². The van der Waals surface area contributed by atoms with E-state index in [4.69, 9.17) is 37.0 Å². The number of phosphoric acid groups is 2. The lowest BCUT2D eigenvalue weighted by Crippen LogP contribution is -2.30. The van der Waals surface area contributed by atoms with Crippen molar-refractivity contribution in [2.24, 2.45) is 11.8 Å². The molecule has 0 aliphatic carbocycles. The SMILES string of the molecule is CCCCCCCCCCCCCCCCC(=O)OC[C@H](COP(=O)(O)OC[C@@H](O)COP(=O)(O)OC[C@@H](COC(=O)CCCCCCCCCCCC)OC(=O)CCCCCCCCCC(C)C)OC(=O)CCCCCCCCCCCCCCCCC(C)C. The molecule has 0 aromatic heterocycles. The van der Waals surface area contributed by atoms with E-state index in [1.807, 2.05) is 0 Å². The maximum atomic E-state index is 13.0. The van der Waals surface area contributed by atoms with Crippen LogP contribution >= 0.6 is 15.6 Å². The molecule has 0 rings (SSSR count). The van der Waals surface area contributed by atoms with Crippen molar-refractivity contribution in [3.8, 4) is 0 Å². The van der Waals surface area contributed by atoms with E-state index >= 15 is 0 Å². The van der Waals surface area contributed by atoms with E-state index in [2.05, 4.69) is 41.5 Å². The first kappa shape index (κ1) is 89.1. The molecular weight excluding hydrogens is 1200 g/mol. The molecular formula is C72H140O17P2. The van der Waals surface area contributed by atoms with Gasteiger partial charge in [0.1, 0.15) is 19.3 Å². The fourth-order valence-corrected chi connectivity index (χ4v) is 12.5. The monoisotopic (exact) mass is 1340 g/mol. The van der Waals surface area contributed by atoms with Gasteiger partial charge in [-0.1, -0.05) is 318 Å². The molecule has 5 atom stereocenters. The molecule has 0 saturated carbocycles. The first-order valence-electron chi connectivity index (χ1n) is 37.5. The minimum absolute atomic E-state index is 0.104. The molecule has 17 nitrogen and oxygen atoms in total. The lowest BCUT2D eigenvalue weighted by molar-refractivity contribution is -0.161. The van der Waals surface area contributed by atoms with Crippen LogP contribution in [0.25, 0.3) is 0 Å². The van der Waals surface area contributed by atoms with Gasteiger partial charge in [-0.05, 0) is 37.5 Å². The predicted molar refractivity (Wildman–Crippen MR) is 368 cm³/mol. The molecule has 0 aliphatic rings. The molecule has 0 aliphatic heterocycles. The Balaban J connectivity index is 5.23. The second-order valence-corrected chi connectivity index (χ2v) is 29.8. The zero-order valence-corrected chi connectivity index (χ0v) is 60.9. The number of carbonyl (C=O) groups is 4. The number of hydrogen-bond acceptors (Lipinski definition) is 15. The lowest BCUT2D eigenvalue weighted by atomic mass is 10.0. The van der Waals surface area contributed by atoms with Gasteiger partial charge in [0.05, 0.1) is 26.4 Å². The molecule has 0 saturated heterocycles. The second kappa shape index (κ2) is 64.1. The number of rotatable bonds is 71. The van der Waals surface area contributed by atoms with Gasteiger partial charge in [-0.25, -0.2) is 9.13 Å². The van der Waals surface area contributed by atoms with Gasteiger partial charge in [0, 0.05) is 25.7 Å². The number of phosphoric ester groups is 2. The fraction of sp³-hybridized carbons (Fsp3) is 0.944. The maximum absolute atomic E-state index is 13.0. The summed E-state index contributed by atoms with van der Waals surface area (Å²) in [6, 6.07) is 0. The van der Waals surface area contributed by atoms with Crippen molar-refractivity contribution in [1.29, 1.82) is 0 Å². The zero-order chi connectivity index (χ0) is 67.2. The molecule has 0 amide bonds. The third-order valence-corrected chi connectivity index (χ3v) is 18.6. The largest absolute Gasteiger partial charge is 0.472 e. The summed E-state index contributed by atoms with van der Waals surface area (Å²) in [4.78, 5) is 72.6. The Morgan fingerprint density at radius 1 is 0.297 bits per heavy atom. The Hall–Kier alpha value is -1.94. The molecule has 0 radical (unpaired) electrons. The van der Waals surface area contributed by atoms with Crippen LogP contribution in [0, 0.1) is 11.8 Å². The molecule has 2 unspecified atom stereocenters. The Labute approximate surface area is 556 Å². The quantitative estimate of drug-likeness (QED) is 0.0222. The third-order valence-electron chi connectivity index (χ3n) is 16.7. The fourth-order valence-electron chi connectivity index (χ4n) is 10.9. The van der Waals surface area contributed by atoms with Gasteiger partial charge >= 0.3 is 39.5 Å². The molecule has 540 valence electrons. The van der Waals surface area contributed by atoms with Crippen LogP contribution in [0.3, 0.4) is 0 Å². The van der Waals surface area contributed by atoms with Gasteiger partial charge < -0.3 is 33.8 Å². The van der Waals surface area contributed by atoms with Crippen LogP contribution < -0.4 is 0 Å². The van der Waals surface area contributed by atoms with Gasteiger partial charge in [-0.3, -0.25) is 37.3 Å². The average Bonchev–Trinajstić information content (AvgIpc) is 3.48. The van der Waals surface area contributed by atoms with Gasteiger partial charge in [0.25, 0.3) is 0 Å². The lowest BCUT2D eigenvalue weighted by Gasteiger charge is -2.21. The van der Waals surface area contributed by atoms with Crippen LogP contribution in [-0.2, 0) is 65.4 Å². The third kappa shape index (κ3) is 66.5. The van der Waals surface area contributed by atoms with Crippen LogP contribution in [0.2, 0.25) is 0 Å². The molecule has 3 N–H and O–H groups in total. The van der Waals surface area contributed by atoms with Crippen molar-refractivity contribution in [2.75, 3.05) is 39.6 Å². The Kier molecular flexibility index (Phi) is 62.7. The van der Waals surface area contributed by atoms with Gasteiger partial charge in [0.2, 0.25) is 0 Å². The summed E-state index contributed by atoms with van der Waals surface area (Å²) >= 11 is 0. The second-order valence-electron chi connectivity index (χ2n) is 26.9. The molecule has 91 heavy (non-hydrogen) atoms. The van der Waals surface area contributed by atoms with E-state index in [0.717, 1.165) is 95.8 Å². The van der Waals surface area contributed by atoms with Crippen LogP contribution in [0.5, 0.6) is 0 Å². The first-order chi connectivity index (χ1) is 43.9. The van der Waals surface area contributed by atoms with E-state index in [0.29, 0.717) is 31.6 Å². The van der Waals surface area contributed by atoms with Crippen molar-refractivity contribution in [3.63, 3.8) is 0 Å². The summed E-state index contributed by atoms with van der Waals surface area (Å²) in [5, 5.41) is 10.6. The summed E-state index contributed by atoms with van der Waals surface area (Å²) in [7, 11) is -9.90. The van der Waals surface area contributed by atoms with E-state index in [9.17, 15) is 43.2 Å². The number of hydrogen-bond donors (Lipinski definition) is 3. The van der Waals surface area contributed by atoms with Crippen LogP contribution in [0.1, 0.15) is 369 Å². The van der Waals surface area contributed by atoms with Crippen LogP contribution in [-0.4, -0.2) is 96.7 Å². The van der Waals surface area contributed by atoms with E-state index in [1.54, 1.807) is 0 Å². The minimum Gasteiger partial charge on any atom is -0.462 e. The number of ether oxygens (including phenoxy) is 4. The molecule has 0 spiro atoms. The van der Waals surface area contributed by atoms with Crippen LogP contribution in [0.4, 0.5) is 0 Å². The summed E-state index contributed by atoms with van der Waals surface area (Å²) in [5.41, 5.74) is 0. The molecule has 0 aromatic carbocycles. The summed E-state index contributed by atoms with van der Waals surface area (Å²) in [6.07, 6.45) is 50.0. The van der Waals surface area contributed by atoms with Gasteiger partial charge in [-0.15, -0.1) is 0 Å². The van der Waals surface area contributed by atoms with E-state index < -0.39 is 97.5 Å². The zero-order valence-electron chi connectivity index (χ0n) is 59.1. The highest BCUT2D eigenvalue weighted by molar-refractivity contribution is 7.47. The Bertz CT molecular complexity index is 1770. The molecule has 0 fully saturated rings. The summed E-state index contributed by atoms with van der Waals surface area (Å²) < 4.78 is 68.3. The predicted octanol–water partition coefficient (Wildman–Crippen LogP) is 20.8. The first-order valence-corrected chi connectivity index (χ1v) is 40.5. The molecule has 19 heteroatoms. The van der Waals surface area contributed by atoms with Crippen molar-refractivity contribution >= 4 is 39.5 Å². The number of unbranched alkanes of at least 4 members (excludes halogenated alkanes) is 41. The molecule has 0 heterocycles. The van der Waals surface area contributed by atoms with Gasteiger partial charge in [-0.2, -0.15) is 0 Å². The Morgan fingerprint density at radius 3 is 0.747 bits per heavy atom. The van der Waals surface area contributed by atoms with Gasteiger partial charge in [0.15, 0.2) is 12.2 Å². The molecule has 0 bridgehead atoms. The minimum atomic E-state index is -4.95. The maximum Gasteiger partial charge on any atom is 0.472 e. The number of carbonyl (C=O) groups excluding carboxylic acids is 4. The standard InChI is InChI=1S/C72H140O17P2/c1-7-9-11-13-15-17-19-20-24-27-31-37-43-49-55-70(75)83-60-67(88-71(76)56-50-44-38-32-28-25-22-21-23-26-29-34-40-46-52-64(3)4)62-86-90(78,79)84-58-66(73)59-85-91(80,81)87-63-68(89-72(77)57-51-45-39-33-35-41-47-53-65(5)6)61-82-69(74)54-48-42-36-30-18-16-14-12-10-8-2/h64-68,73H,7-63H2,1-6H3,(H,78,79)(H,80,81)/t66-,67-,68-/m1/s1. The van der Waals surface area contributed by atoms with Crippen molar-refractivity contribution in [3.05, 3.63) is 0 Å². The normalized spacial score (nSPS) is 14.1. The molecule has 0 aromatic rings. The van der Waals surface area contributed by atoms with E-state index in [1.165, 1.54) is 186 Å². The highest BCUT2D eigenvalue weighted by Crippen LogP contribution is 2.45. The Morgan fingerprint density at radius 2 is 0.505 bits per heavy atom. The van der Waals surface area contributed by atoms with Crippen molar-refractivity contribution in [2.45, 2.75) is 387 Å². The number of esters is 4. The van der Waals surface area contributed by atoms with Crippen molar-refractivity contribution in [1.82, 2.24) is 0 Å². The highest BCUT2D eigenvalue weighted by atomic mass is 31.2. The topological polar surface area (TPSA) is 237 Å².